The van der Waals surface area contributed by atoms with E-state index >= 15 is 0 Å². The quantitative estimate of drug-likeness (QED) is 0.481. The van der Waals surface area contributed by atoms with Crippen molar-refractivity contribution in [2.45, 2.75) is 13.8 Å². The average Bonchev–Trinajstić information content (AvgIpc) is 3.20. The molecule has 2 N–H and O–H groups in total. The van der Waals surface area contributed by atoms with Crippen LogP contribution in [0.3, 0.4) is 0 Å². The van der Waals surface area contributed by atoms with E-state index in [9.17, 15) is 9.59 Å². The van der Waals surface area contributed by atoms with Crippen LogP contribution in [0.2, 0.25) is 0 Å². The van der Waals surface area contributed by atoms with Crippen molar-refractivity contribution in [2.24, 2.45) is 0 Å². The molecule has 0 aliphatic heterocycles. The van der Waals surface area contributed by atoms with Gasteiger partial charge in [0.25, 0.3) is 5.91 Å². The molecule has 0 bridgehead atoms. The second-order valence-electron chi connectivity index (χ2n) is 6.15. The van der Waals surface area contributed by atoms with Crippen LogP contribution in [0.15, 0.2) is 77.6 Å². The van der Waals surface area contributed by atoms with Crippen molar-refractivity contribution >= 4 is 23.1 Å². The maximum Gasteiger partial charge on any atom is 0.291 e. The number of furan rings is 1. The molecule has 1 aromatic heterocycles. The Morgan fingerprint density at radius 3 is 2.33 bits per heavy atom. The first-order chi connectivity index (χ1) is 13.0. The molecule has 0 atom stereocenters. The molecule has 1 amide bonds. The fraction of sp³-hybridized carbons (Fsp3) is 0.0909. The van der Waals surface area contributed by atoms with Crippen LogP contribution in [0.25, 0.3) is 0 Å². The summed E-state index contributed by atoms with van der Waals surface area (Å²) in [6, 6.07) is 16.1. The Balaban J connectivity index is 1.56. The summed E-state index contributed by atoms with van der Waals surface area (Å²) in [5, 5.41) is 5.79. The molecule has 5 nitrogen and oxygen atoms in total. The van der Waals surface area contributed by atoms with Crippen LogP contribution in [0, 0.1) is 13.8 Å². The van der Waals surface area contributed by atoms with Crippen LogP contribution in [0.5, 0.6) is 0 Å². The smallest absolute Gasteiger partial charge is 0.291 e. The first-order valence-electron chi connectivity index (χ1n) is 8.52. The molecule has 27 heavy (non-hydrogen) atoms. The second-order valence-corrected chi connectivity index (χ2v) is 6.15. The van der Waals surface area contributed by atoms with E-state index in [1.54, 1.807) is 30.5 Å². The van der Waals surface area contributed by atoms with Gasteiger partial charge in [-0.25, -0.2) is 0 Å². The largest absolute Gasteiger partial charge is 0.459 e. The molecular formula is C22H20N2O3. The minimum atomic E-state index is -0.306. The van der Waals surface area contributed by atoms with E-state index in [0.717, 1.165) is 16.8 Å². The van der Waals surface area contributed by atoms with Crippen molar-refractivity contribution in [1.82, 2.24) is 0 Å². The summed E-state index contributed by atoms with van der Waals surface area (Å²) < 4.78 is 5.05. The van der Waals surface area contributed by atoms with Crippen LogP contribution >= 0.6 is 0 Å². The van der Waals surface area contributed by atoms with E-state index in [-0.39, 0.29) is 17.5 Å². The maximum absolute atomic E-state index is 12.2. The number of hydrogen-bond acceptors (Lipinski definition) is 4. The Kier molecular flexibility index (Phi) is 5.52. The predicted octanol–water partition coefficient (Wildman–Crippen LogP) is 4.96. The van der Waals surface area contributed by atoms with Crippen molar-refractivity contribution in [1.29, 1.82) is 0 Å². The molecule has 136 valence electrons. The lowest BCUT2D eigenvalue weighted by molar-refractivity contribution is 0.0995. The number of benzene rings is 2. The third-order valence-corrected chi connectivity index (χ3v) is 4.16. The molecule has 0 saturated carbocycles. The molecule has 0 spiro atoms. The lowest BCUT2D eigenvalue weighted by Gasteiger charge is -2.05. The average molecular weight is 360 g/mol. The zero-order valence-corrected chi connectivity index (χ0v) is 15.2. The highest BCUT2D eigenvalue weighted by Crippen LogP contribution is 2.15. The predicted molar refractivity (Wildman–Crippen MR) is 106 cm³/mol. The summed E-state index contributed by atoms with van der Waals surface area (Å²) in [5.41, 5.74) is 4.36. The van der Waals surface area contributed by atoms with Crippen LogP contribution in [0.4, 0.5) is 11.4 Å². The van der Waals surface area contributed by atoms with Crippen LogP contribution in [0.1, 0.15) is 32.0 Å². The first kappa shape index (κ1) is 18.2. The van der Waals surface area contributed by atoms with Gasteiger partial charge in [0, 0.05) is 29.2 Å². The third-order valence-electron chi connectivity index (χ3n) is 4.16. The number of allylic oxidation sites excluding steroid dienone is 1. The van der Waals surface area contributed by atoms with Crippen molar-refractivity contribution in [3.05, 3.63) is 95.6 Å². The molecule has 0 aliphatic rings. The number of aryl methyl sites for hydroxylation is 2. The van der Waals surface area contributed by atoms with Gasteiger partial charge in [0.15, 0.2) is 11.5 Å². The minimum Gasteiger partial charge on any atom is -0.459 e. The zero-order valence-electron chi connectivity index (χ0n) is 15.2. The number of anilines is 2. The van der Waals surface area contributed by atoms with Gasteiger partial charge >= 0.3 is 0 Å². The molecule has 3 rings (SSSR count). The normalized spacial score (nSPS) is 10.7. The zero-order chi connectivity index (χ0) is 19.2. The number of rotatable bonds is 6. The Bertz CT molecular complexity index is 971. The summed E-state index contributed by atoms with van der Waals surface area (Å²) in [6.45, 7) is 4.00. The van der Waals surface area contributed by atoms with Gasteiger partial charge in [-0.2, -0.15) is 0 Å². The van der Waals surface area contributed by atoms with Gasteiger partial charge in [0.05, 0.1) is 6.26 Å². The molecule has 3 aromatic rings. The number of ketones is 1. The standard InChI is InChI=1S/C22H20N2O3/c1-15-5-6-17(14-16(15)2)20(25)11-12-23-18-7-9-19(10-8-18)24-22(26)21-4-3-13-27-21/h3-14,23H,1-2H3,(H,24,26). The topological polar surface area (TPSA) is 71.3 Å². The molecule has 1 heterocycles. The molecule has 0 radical (unpaired) electrons. The van der Waals surface area contributed by atoms with Crippen LogP contribution in [-0.4, -0.2) is 11.7 Å². The van der Waals surface area contributed by atoms with Gasteiger partial charge in [0.1, 0.15) is 0 Å². The highest BCUT2D eigenvalue weighted by Gasteiger charge is 2.08. The fourth-order valence-corrected chi connectivity index (χ4v) is 2.45. The SMILES string of the molecule is Cc1ccc(C(=O)C=CNc2ccc(NC(=O)c3ccco3)cc2)cc1C. The summed E-state index contributed by atoms with van der Waals surface area (Å²) in [4.78, 5) is 24.1. The maximum atomic E-state index is 12.2. The monoisotopic (exact) mass is 360 g/mol. The third kappa shape index (κ3) is 4.73. The number of carbonyl (C=O) groups is 2. The first-order valence-corrected chi connectivity index (χ1v) is 8.52. The number of hydrogen-bond donors (Lipinski definition) is 2. The molecular weight excluding hydrogens is 340 g/mol. The van der Waals surface area contributed by atoms with E-state index in [2.05, 4.69) is 10.6 Å². The second kappa shape index (κ2) is 8.19. The summed E-state index contributed by atoms with van der Waals surface area (Å²) in [6.07, 6.45) is 4.55. The van der Waals surface area contributed by atoms with E-state index in [4.69, 9.17) is 4.42 Å². The lowest BCUT2D eigenvalue weighted by atomic mass is 10.0. The molecule has 5 heteroatoms. The Morgan fingerprint density at radius 1 is 0.926 bits per heavy atom. The van der Waals surface area contributed by atoms with Crippen molar-refractivity contribution < 1.29 is 14.0 Å². The number of carbonyl (C=O) groups excluding carboxylic acids is 2. The molecule has 0 aliphatic carbocycles. The Labute approximate surface area is 157 Å². The lowest BCUT2D eigenvalue weighted by Crippen LogP contribution is -2.10. The van der Waals surface area contributed by atoms with Crippen molar-refractivity contribution in [3.63, 3.8) is 0 Å². The minimum absolute atomic E-state index is 0.0621. The highest BCUT2D eigenvalue weighted by atomic mass is 16.3. The van der Waals surface area contributed by atoms with Crippen LogP contribution in [-0.2, 0) is 0 Å². The van der Waals surface area contributed by atoms with Crippen molar-refractivity contribution in [3.8, 4) is 0 Å². The summed E-state index contributed by atoms with van der Waals surface area (Å²) in [5.74, 6) is -0.113. The number of nitrogens with one attached hydrogen (secondary N) is 2. The van der Waals surface area contributed by atoms with Crippen molar-refractivity contribution in [2.75, 3.05) is 10.6 Å². The van der Waals surface area contributed by atoms with Gasteiger partial charge in [-0.15, -0.1) is 0 Å². The Morgan fingerprint density at radius 2 is 1.67 bits per heavy atom. The van der Waals surface area contributed by atoms with Gasteiger partial charge in [-0.1, -0.05) is 12.1 Å². The summed E-state index contributed by atoms with van der Waals surface area (Å²) in [7, 11) is 0. The van der Waals surface area contributed by atoms with Gasteiger partial charge < -0.3 is 15.1 Å². The van der Waals surface area contributed by atoms with E-state index < -0.39 is 0 Å². The van der Waals surface area contributed by atoms with Gasteiger partial charge in [-0.05, 0) is 67.4 Å². The molecule has 2 aromatic carbocycles. The fourth-order valence-electron chi connectivity index (χ4n) is 2.45. The molecule has 0 saturated heterocycles. The summed E-state index contributed by atoms with van der Waals surface area (Å²) >= 11 is 0. The number of amides is 1. The van der Waals surface area contributed by atoms with Gasteiger partial charge in [0.2, 0.25) is 0 Å². The van der Waals surface area contributed by atoms with E-state index in [1.807, 2.05) is 44.2 Å². The molecule has 0 unspecified atom stereocenters. The van der Waals surface area contributed by atoms with Crippen LogP contribution < -0.4 is 10.6 Å². The highest BCUT2D eigenvalue weighted by molar-refractivity contribution is 6.05. The van der Waals surface area contributed by atoms with E-state index in [0.29, 0.717) is 11.3 Å². The van der Waals surface area contributed by atoms with E-state index in [1.165, 1.54) is 12.3 Å². The van der Waals surface area contributed by atoms with Gasteiger partial charge in [-0.3, -0.25) is 9.59 Å². The molecule has 0 fully saturated rings. The Hall–Kier alpha value is -3.60.